The van der Waals surface area contributed by atoms with E-state index in [-0.39, 0.29) is 5.91 Å². The summed E-state index contributed by atoms with van der Waals surface area (Å²) in [6, 6.07) is 14.8. The number of hydrogen-bond acceptors (Lipinski definition) is 5. The highest BCUT2D eigenvalue weighted by molar-refractivity contribution is 7.99. The third-order valence-corrected chi connectivity index (χ3v) is 7.56. The number of ether oxygens (including phenoxy) is 1. The van der Waals surface area contributed by atoms with Crippen LogP contribution in [-0.4, -0.2) is 37.9 Å². The van der Waals surface area contributed by atoms with Crippen LogP contribution in [0.2, 0.25) is 0 Å². The molecule has 6 nitrogen and oxygen atoms in total. The van der Waals surface area contributed by atoms with Crippen LogP contribution in [0.3, 0.4) is 0 Å². The third kappa shape index (κ3) is 4.93. The van der Waals surface area contributed by atoms with Gasteiger partial charge in [0.05, 0.1) is 5.75 Å². The van der Waals surface area contributed by atoms with Gasteiger partial charge in [-0.2, -0.15) is 0 Å². The fraction of sp³-hybridized carbons (Fsp3) is 0.423. The molecule has 0 bridgehead atoms. The van der Waals surface area contributed by atoms with E-state index in [4.69, 9.17) is 4.74 Å². The minimum atomic E-state index is 0.145. The predicted molar refractivity (Wildman–Crippen MR) is 129 cm³/mol. The Labute approximate surface area is 199 Å². The lowest BCUT2D eigenvalue weighted by Gasteiger charge is -2.28. The van der Waals surface area contributed by atoms with Crippen LogP contribution in [0.5, 0.6) is 5.75 Å². The molecule has 0 spiro atoms. The average molecular weight is 463 g/mol. The van der Waals surface area contributed by atoms with Crippen molar-refractivity contribution in [3.05, 3.63) is 70.5 Å². The first kappa shape index (κ1) is 22.0. The van der Waals surface area contributed by atoms with E-state index in [1.807, 2.05) is 15.5 Å². The molecular weight excluding hydrogens is 432 g/mol. The lowest BCUT2D eigenvalue weighted by molar-refractivity contribution is -0.129. The van der Waals surface area contributed by atoms with Gasteiger partial charge in [-0.05, 0) is 73.4 Å². The molecule has 5 rings (SSSR count). The molecule has 2 aliphatic rings. The Morgan fingerprint density at radius 3 is 2.64 bits per heavy atom. The molecule has 0 fully saturated rings. The van der Waals surface area contributed by atoms with Gasteiger partial charge in [-0.3, -0.25) is 4.79 Å². The van der Waals surface area contributed by atoms with Gasteiger partial charge in [0, 0.05) is 19.6 Å². The van der Waals surface area contributed by atoms with Crippen LogP contribution < -0.4 is 4.74 Å². The Bertz CT molecular complexity index is 1140. The Morgan fingerprint density at radius 2 is 1.79 bits per heavy atom. The molecule has 1 aliphatic carbocycles. The molecule has 0 radical (unpaired) electrons. The zero-order chi connectivity index (χ0) is 22.6. The van der Waals surface area contributed by atoms with Crippen molar-refractivity contribution in [2.45, 2.75) is 63.9 Å². The molecule has 33 heavy (non-hydrogen) atoms. The Hall–Kier alpha value is -2.80. The molecule has 0 unspecified atom stereocenters. The van der Waals surface area contributed by atoms with Crippen molar-refractivity contribution in [2.24, 2.45) is 0 Å². The van der Waals surface area contributed by atoms with Crippen LogP contribution >= 0.6 is 11.8 Å². The van der Waals surface area contributed by atoms with Crippen molar-refractivity contribution in [2.75, 3.05) is 12.3 Å². The molecule has 0 atom stereocenters. The number of hydrogen-bond donors (Lipinski definition) is 0. The van der Waals surface area contributed by atoms with Crippen LogP contribution in [-0.2, 0) is 43.8 Å². The smallest absolute Gasteiger partial charge is 0.233 e. The van der Waals surface area contributed by atoms with E-state index in [1.165, 1.54) is 53.3 Å². The number of carbonyl (C=O) groups excluding carboxylic acids is 1. The molecule has 2 aromatic carbocycles. The normalized spacial score (nSPS) is 15.1. The summed E-state index contributed by atoms with van der Waals surface area (Å²) in [4.78, 5) is 14.8. The quantitative estimate of drug-likeness (QED) is 0.486. The Kier molecular flexibility index (Phi) is 6.67. The van der Waals surface area contributed by atoms with Crippen molar-refractivity contribution < 1.29 is 9.53 Å². The topological polar surface area (TPSA) is 60.2 Å². The van der Waals surface area contributed by atoms with E-state index in [2.05, 4.69) is 53.5 Å². The maximum atomic E-state index is 12.8. The summed E-state index contributed by atoms with van der Waals surface area (Å²) in [5.74, 6) is 2.19. The van der Waals surface area contributed by atoms with Crippen LogP contribution in [0.25, 0.3) is 0 Å². The molecular formula is C26H30N4O2S. The lowest BCUT2D eigenvalue weighted by Crippen LogP contribution is -2.37. The molecule has 172 valence electrons. The molecule has 7 heteroatoms. The van der Waals surface area contributed by atoms with E-state index < -0.39 is 0 Å². The van der Waals surface area contributed by atoms with Gasteiger partial charge in [0.1, 0.15) is 12.4 Å². The molecule has 1 aromatic heterocycles. The number of benzene rings is 2. The lowest BCUT2D eigenvalue weighted by atomic mass is 9.92. The minimum absolute atomic E-state index is 0.145. The first-order valence-corrected chi connectivity index (χ1v) is 12.8. The number of rotatable bonds is 7. The van der Waals surface area contributed by atoms with Gasteiger partial charge in [0.2, 0.25) is 5.91 Å². The number of amides is 1. The van der Waals surface area contributed by atoms with Gasteiger partial charge in [-0.1, -0.05) is 42.1 Å². The molecule has 2 heterocycles. The van der Waals surface area contributed by atoms with Gasteiger partial charge in [-0.25, -0.2) is 0 Å². The molecule has 3 aromatic rings. The number of aromatic nitrogens is 3. The zero-order valence-electron chi connectivity index (χ0n) is 19.1. The molecule has 1 amide bonds. The van der Waals surface area contributed by atoms with Gasteiger partial charge < -0.3 is 14.2 Å². The maximum Gasteiger partial charge on any atom is 0.233 e. The van der Waals surface area contributed by atoms with Crippen LogP contribution in [0.4, 0.5) is 0 Å². The van der Waals surface area contributed by atoms with Crippen molar-refractivity contribution in [1.82, 2.24) is 19.7 Å². The summed E-state index contributed by atoms with van der Waals surface area (Å²) in [5.41, 5.74) is 5.46. The van der Waals surface area contributed by atoms with Crippen LogP contribution in [0.15, 0.2) is 47.6 Å². The number of nitrogens with zero attached hydrogens (tertiary/aromatic N) is 4. The monoisotopic (exact) mass is 462 g/mol. The molecule has 0 saturated carbocycles. The first-order chi connectivity index (χ1) is 16.2. The summed E-state index contributed by atoms with van der Waals surface area (Å²) >= 11 is 1.46. The van der Waals surface area contributed by atoms with Gasteiger partial charge in [-0.15, -0.1) is 10.2 Å². The highest BCUT2D eigenvalue weighted by Crippen LogP contribution is 2.26. The van der Waals surface area contributed by atoms with Crippen LogP contribution in [0, 0.1) is 0 Å². The highest BCUT2D eigenvalue weighted by Gasteiger charge is 2.22. The van der Waals surface area contributed by atoms with Crippen molar-refractivity contribution in [3.63, 3.8) is 0 Å². The number of aryl methyl sites for hydroxylation is 2. The SMILES string of the molecule is CCn1c(COc2ccc3c(c2)CCCC3)nnc1SCC(=O)N1CCc2ccccc2C1. The van der Waals surface area contributed by atoms with Crippen molar-refractivity contribution in [1.29, 1.82) is 0 Å². The van der Waals surface area contributed by atoms with E-state index in [0.717, 1.165) is 42.7 Å². The van der Waals surface area contributed by atoms with Crippen molar-refractivity contribution in [3.8, 4) is 5.75 Å². The van der Waals surface area contributed by atoms with Crippen molar-refractivity contribution >= 4 is 17.7 Å². The Balaban J connectivity index is 1.18. The first-order valence-electron chi connectivity index (χ1n) is 11.9. The van der Waals surface area contributed by atoms with Gasteiger partial charge in [0.15, 0.2) is 11.0 Å². The zero-order valence-corrected chi connectivity index (χ0v) is 19.9. The number of carbonyl (C=O) groups is 1. The Morgan fingerprint density at radius 1 is 1.00 bits per heavy atom. The van der Waals surface area contributed by atoms with E-state index >= 15 is 0 Å². The van der Waals surface area contributed by atoms with E-state index in [1.54, 1.807) is 0 Å². The van der Waals surface area contributed by atoms with E-state index in [9.17, 15) is 4.79 Å². The van der Waals surface area contributed by atoms with E-state index in [0.29, 0.717) is 18.9 Å². The summed E-state index contributed by atoms with van der Waals surface area (Å²) in [5, 5.41) is 9.47. The number of thioether (sulfide) groups is 1. The largest absolute Gasteiger partial charge is 0.486 e. The standard InChI is InChI=1S/C26H30N4O2S/c1-2-30-24(17-32-23-12-11-19-7-3-5-9-21(19)15-23)27-28-26(30)33-18-25(31)29-14-13-20-8-4-6-10-22(20)16-29/h4,6,8,10-12,15H,2-3,5,7,9,13-14,16-18H2,1H3. The molecule has 1 aliphatic heterocycles. The summed E-state index contributed by atoms with van der Waals surface area (Å²) in [6.45, 7) is 4.65. The second-order valence-corrected chi connectivity index (χ2v) is 9.63. The summed E-state index contributed by atoms with van der Waals surface area (Å²) < 4.78 is 8.10. The fourth-order valence-corrected chi connectivity index (χ4v) is 5.65. The number of fused-ring (bicyclic) bond motifs is 2. The predicted octanol–water partition coefficient (Wildman–Crippen LogP) is 4.43. The maximum absolute atomic E-state index is 12.8. The highest BCUT2D eigenvalue weighted by atomic mass is 32.2. The third-order valence-electron chi connectivity index (χ3n) is 6.61. The van der Waals surface area contributed by atoms with Gasteiger partial charge >= 0.3 is 0 Å². The molecule has 0 N–H and O–H groups in total. The molecule has 0 saturated heterocycles. The van der Waals surface area contributed by atoms with Crippen LogP contribution in [0.1, 0.15) is 47.8 Å². The second kappa shape index (κ2) is 10.00. The van der Waals surface area contributed by atoms with Gasteiger partial charge in [0.25, 0.3) is 0 Å². The summed E-state index contributed by atoms with van der Waals surface area (Å²) in [7, 11) is 0. The fourth-order valence-electron chi connectivity index (χ4n) is 4.72. The summed E-state index contributed by atoms with van der Waals surface area (Å²) in [6.07, 6.45) is 5.75. The minimum Gasteiger partial charge on any atom is -0.486 e. The second-order valence-electron chi connectivity index (χ2n) is 8.69. The average Bonchev–Trinajstić information content (AvgIpc) is 3.27.